The monoisotopic (exact) mass is 287 g/mol. The summed E-state index contributed by atoms with van der Waals surface area (Å²) in [6, 6.07) is -2.13. The molecule has 0 saturated carbocycles. The maximum Gasteiger partial charge on any atom is 0.326 e. The Morgan fingerprint density at radius 1 is 1.20 bits per heavy atom. The highest BCUT2D eigenvalue weighted by Gasteiger charge is 2.29. The Morgan fingerprint density at radius 3 is 2.15 bits per heavy atom. The van der Waals surface area contributed by atoms with E-state index in [1.165, 1.54) is 4.90 Å². The zero-order valence-electron chi connectivity index (χ0n) is 10.7. The number of nitrogens with two attached hydrogens (primary N) is 1. The molecule has 1 rings (SSSR count). The molecule has 1 aliphatic rings. The smallest absolute Gasteiger partial charge is 0.326 e. The van der Waals surface area contributed by atoms with Crippen LogP contribution in [-0.2, 0) is 14.4 Å². The van der Waals surface area contributed by atoms with Crippen molar-refractivity contribution in [2.45, 2.75) is 25.3 Å². The minimum atomic E-state index is -1.48. The fourth-order valence-electron chi connectivity index (χ4n) is 1.98. The normalized spacial score (nSPS) is 17.3. The average Bonchev–Trinajstić information content (AvgIpc) is 2.37. The number of primary amides is 1. The quantitative estimate of drug-likeness (QED) is 0.500. The van der Waals surface area contributed by atoms with Gasteiger partial charge in [0, 0.05) is 19.0 Å². The van der Waals surface area contributed by atoms with Crippen LogP contribution in [0.15, 0.2) is 0 Å². The molecule has 0 aromatic carbocycles. The number of carbonyl (C=O) groups is 4. The minimum Gasteiger partial charge on any atom is -0.481 e. The Balaban J connectivity index is 2.52. The van der Waals surface area contributed by atoms with Crippen molar-refractivity contribution in [3.63, 3.8) is 0 Å². The van der Waals surface area contributed by atoms with E-state index >= 15 is 0 Å². The first-order chi connectivity index (χ1) is 9.31. The fourth-order valence-corrected chi connectivity index (χ4v) is 1.98. The Morgan fingerprint density at radius 2 is 1.75 bits per heavy atom. The second kappa shape index (κ2) is 6.73. The van der Waals surface area contributed by atoms with E-state index in [4.69, 9.17) is 15.9 Å². The molecular formula is C11H17N3O6. The summed E-state index contributed by atoms with van der Waals surface area (Å²) >= 11 is 0. The molecule has 0 aromatic heterocycles. The van der Waals surface area contributed by atoms with Crippen molar-refractivity contribution in [2.24, 2.45) is 11.7 Å². The lowest BCUT2D eigenvalue weighted by Gasteiger charge is -2.31. The van der Waals surface area contributed by atoms with E-state index in [1.54, 1.807) is 0 Å². The molecule has 5 N–H and O–H groups in total. The van der Waals surface area contributed by atoms with E-state index in [1.807, 2.05) is 0 Å². The van der Waals surface area contributed by atoms with Gasteiger partial charge in [0.15, 0.2) is 0 Å². The van der Waals surface area contributed by atoms with Gasteiger partial charge in [0.05, 0.1) is 6.42 Å². The number of nitrogens with zero attached hydrogens (tertiary/aromatic N) is 1. The topological polar surface area (TPSA) is 150 Å². The third-order valence-corrected chi connectivity index (χ3v) is 3.16. The second-order valence-electron chi connectivity index (χ2n) is 4.60. The van der Waals surface area contributed by atoms with Gasteiger partial charge in [-0.2, -0.15) is 0 Å². The number of likely N-dealkylation sites (tertiary alicyclic amines) is 1. The van der Waals surface area contributed by atoms with Gasteiger partial charge in [-0.25, -0.2) is 9.59 Å². The van der Waals surface area contributed by atoms with Crippen LogP contribution in [0.5, 0.6) is 0 Å². The number of carboxylic acids is 2. The molecule has 112 valence electrons. The van der Waals surface area contributed by atoms with Crippen LogP contribution >= 0.6 is 0 Å². The van der Waals surface area contributed by atoms with Crippen molar-refractivity contribution in [1.82, 2.24) is 10.2 Å². The van der Waals surface area contributed by atoms with E-state index in [9.17, 15) is 19.2 Å². The average molecular weight is 287 g/mol. The highest BCUT2D eigenvalue weighted by molar-refractivity contribution is 5.86. The molecule has 20 heavy (non-hydrogen) atoms. The Labute approximate surface area is 114 Å². The number of hydrogen-bond acceptors (Lipinski definition) is 4. The number of amides is 3. The number of urea groups is 1. The standard InChI is InChI=1S/C11H17N3O6/c12-9(17)6-1-3-14(4-2-6)11(20)13-7(10(18)19)5-8(15)16/h6-7H,1-5H2,(H2,12,17)(H,13,20)(H,15,16)(H,18,19)/t7-/m1/s1. The lowest BCUT2D eigenvalue weighted by molar-refractivity contribution is -0.145. The van der Waals surface area contributed by atoms with Gasteiger partial charge in [0.1, 0.15) is 6.04 Å². The molecule has 1 fully saturated rings. The van der Waals surface area contributed by atoms with Crippen LogP contribution < -0.4 is 11.1 Å². The van der Waals surface area contributed by atoms with E-state index < -0.39 is 36.3 Å². The first kappa shape index (κ1) is 15.7. The van der Waals surface area contributed by atoms with Crippen molar-refractivity contribution < 1.29 is 29.4 Å². The van der Waals surface area contributed by atoms with E-state index in [-0.39, 0.29) is 19.0 Å². The van der Waals surface area contributed by atoms with Crippen LogP contribution in [0.2, 0.25) is 0 Å². The summed E-state index contributed by atoms with van der Waals surface area (Å²) in [6.45, 7) is 0.553. The SMILES string of the molecule is NC(=O)C1CCN(C(=O)N[C@H](CC(=O)O)C(=O)O)CC1. The summed E-state index contributed by atoms with van der Waals surface area (Å²) in [5, 5.41) is 19.6. The fraction of sp³-hybridized carbons (Fsp3) is 0.636. The first-order valence-corrected chi connectivity index (χ1v) is 6.10. The summed E-state index contributed by atoms with van der Waals surface area (Å²) in [7, 11) is 0. The molecule has 9 nitrogen and oxygen atoms in total. The van der Waals surface area contributed by atoms with Crippen LogP contribution in [0, 0.1) is 5.92 Å². The van der Waals surface area contributed by atoms with Gasteiger partial charge in [-0.3, -0.25) is 9.59 Å². The van der Waals surface area contributed by atoms with Crippen molar-refractivity contribution in [2.75, 3.05) is 13.1 Å². The number of piperidine rings is 1. The number of nitrogens with one attached hydrogen (secondary N) is 1. The molecule has 1 atom stereocenters. The van der Waals surface area contributed by atoms with Gasteiger partial charge in [-0.05, 0) is 12.8 Å². The van der Waals surface area contributed by atoms with Gasteiger partial charge < -0.3 is 26.2 Å². The molecule has 0 spiro atoms. The maximum atomic E-state index is 11.8. The van der Waals surface area contributed by atoms with Crippen LogP contribution in [0.3, 0.4) is 0 Å². The molecule has 0 bridgehead atoms. The summed E-state index contributed by atoms with van der Waals surface area (Å²) < 4.78 is 0. The summed E-state index contributed by atoms with van der Waals surface area (Å²) in [5.41, 5.74) is 5.16. The highest BCUT2D eigenvalue weighted by atomic mass is 16.4. The summed E-state index contributed by atoms with van der Waals surface area (Å²) in [4.78, 5) is 45.5. The van der Waals surface area contributed by atoms with Gasteiger partial charge in [-0.1, -0.05) is 0 Å². The molecule has 3 amide bonds. The molecule has 9 heteroatoms. The Bertz CT molecular complexity index is 416. The van der Waals surface area contributed by atoms with Gasteiger partial charge in [-0.15, -0.1) is 0 Å². The van der Waals surface area contributed by atoms with Crippen LogP contribution in [-0.4, -0.2) is 58.1 Å². The third kappa shape index (κ3) is 4.41. The van der Waals surface area contributed by atoms with E-state index in [0.29, 0.717) is 12.8 Å². The maximum absolute atomic E-state index is 11.8. The zero-order chi connectivity index (χ0) is 15.3. The lowest BCUT2D eigenvalue weighted by Crippen LogP contribution is -2.51. The van der Waals surface area contributed by atoms with Crippen LogP contribution in [0.4, 0.5) is 4.79 Å². The number of rotatable bonds is 5. The molecule has 0 aliphatic carbocycles. The number of carbonyl (C=O) groups excluding carboxylic acids is 2. The van der Waals surface area contributed by atoms with Gasteiger partial charge in [0.2, 0.25) is 5.91 Å². The largest absolute Gasteiger partial charge is 0.481 e. The van der Waals surface area contributed by atoms with Gasteiger partial charge >= 0.3 is 18.0 Å². The van der Waals surface area contributed by atoms with Crippen molar-refractivity contribution in [3.8, 4) is 0 Å². The number of aliphatic carboxylic acids is 2. The van der Waals surface area contributed by atoms with Crippen molar-refractivity contribution in [3.05, 3.63) is 0 Å². The molecule has 1 aliphatic heterocycles. The molecule has 1 saturated heterocycles. The lowest BCUT2D eigenvalue weighted by atomic mass is 9.96. The number of carboxylic acid groups (broad SMARTS) is 2. The Kier molecular flexibility index (Phi) is 5.30. The number of hydrogen-bond donors (Lipinski definition) is 4. The molecule has 1 heterocycles. The highest BCUT2D eigenvalue weighted by Crippen LogP contribution is 2.16. The third-order valence-electron chi connectivity index (χ3n) is 3.16. The van der Waals surface area contributed by atoms with Crippen molar-refractivity contribution >= 4 is 23.9 Å². The Hall–Kier alpha value is -2.32. The van der Waals surface area contributed by atoms with Crippen molar-refractivity contribution in [1.29, 1.82) is 0 Å². The van der Waals surface area contributed by atoms with E-state index in [0.717, 1.165) is 0 Å². The predicted octanol–water partition coefficient (Wildman–Crippen LogP) is -1.18. The molecule has 0 unspecified atom stereocenters. The summed E-state index contributed by atoms with van der Waals surface area (Å²) in [6.07, 6.45) is 0.137. The van der Waals surface area contributed by atoms with E-state index in [2.05, 4.69) is 5.32 Å². The molecular weight excluding hydrogens is 270 g/mol. The van der Waals surface area contributed by atoms with Gasteiger partial charge in [0.25, 0.3) is 0 Å². The summed E-state index contributed by atoms with van der Waals surface area (Å²) in [5.74, 6) is -3.43. The van der Waals surface area contributed by atoms with Crippen LogP contribution in [0.1, 0.15) is 19.3 Å². The minimum absolute atomic E-state index is 0.277. The molecule has 0 aromatic rings. The zero-order valence-corrected chi connectivity index (χ0v) is 10.7. The molecule has 0 radical (unpaired) electrons. The first-order valence-electron chi connectivity index (χ1n) is 6.10. The second-order valence-corrected chi connectivity index (χ2v) is 4.60. The predicted molar refractivity (Wildman–Crippen MR) is 65.7 cm³/mol. The van der Waals surface area contributed by atoms with Crippen LogP contribution in [0.25, 0.3) is 0 Å².